The average molecular weight is 402 g/mol. The van der Waals surface area contributed by atoms with Gasteiger partial charge in [0.05, 0.1) is 0 Å². The quantitative estimate of drug-likeness (QED) is 0.612. The van der Waals surface area contributed by atoms with Gasteiger partial charge >= 0.3 is 130 Å². The van der Waals surface area contributed by atoms with E-state index in [0.717, 1.165) is 32.1 Å². The molecule has 0 fully saturated rings. The summed E-state index contributed by atoms with van der Waals surface area (Å²) >= 11 is 9.47. The van der Waals surface area contributed by atoms with Gasteiger partial charge in [0.15, 0.2) is 0 Å². The van der Waals surface area contributed by atoms with Gasteiger partial charge in [-0.3, -0.25) is 0 Å². The summed E-state index contributed by atoms with van der Waals surface area (Å²) in [5, 5.41) is 4.11. The number of nitrogens with one attached hydrogen (secondary N) is 1. The zero-order valence-corrected chi connectivity index (χ0v) is 13.8. The molecule has 0 bridgehead atoms. The van der Waals surface area contributed by atoms with Crippen LogP contribution in [-0.4, -0.2) is 14.6 Å². The Hall–Kier alpha value is -0.871. The molecule has 3 rings (SSSR count). The number of benzene rings is 2. The van der Waals surface area contributed by atoms with E-state index < -0.39 is 0 Å². The van der Waals surface area contributed by atoms with Crippen molar-refractivity contribution >= 4 is 59.2 Å². The van der Waals surface area contributed by atoms with Crippen LogP contribution in [0.1, 0.15) is 5.56 Å². The van der Waals surface area contributed by atoms with Crippen LogP contribution in [0.2, 0.25) is 5.02 Å². The second-order valence-corrected chi connectivity index (χ2v) is 6.41. The molecule has 0 saturated heterocycles. The molecule has 0 spiro atoms. The number of fused-ring (bicyclic) bond motifs is 1. The number of anilines is 1. The van der Waals surface area contributed by atoms with Crippen LogP contribution in [0.15, 0.2) is 48.8 Å². The third-order valence-corrected chi connectivity index (χ3v) is 5.12. The van der Waals surface area contributed by atoms with E-state index in [1.807, 2.05) is 36.4 Å². The number of nitrogens with zero attached hydrogens (tertiary/aromatic N) is 2. The summed E-state index contributed by atoms with van der Waals surface area (Å²) in [4.78, 5) is 0. The van der Waals surface area contributed by atoms with Crippen molar-refractivity contribution in [3.05, 3.63) is 51.5 Å². The summed E-state index contributed by atoms with van der Waals surface area (Å²) in [6, 6.07) is 12.0. The Labute approximate surface area is 130 Å². The summed E-state index contributed by atoms with van der Waals surface area (Å²) in [5.74, 6) is 0. The number of halogens is 2. The van der Waals surface area contributed by atoms with E-state index in [2.05, 4.69) is 29.2 Å². The van der Waals surface area contributed by atoms with Crippen LogP contribution in [0.25, 0.3) is 0 Å². The van der Waals surface area contributed by atoms with E-state index in [9.17, 15) is 0 Å². The van der Waals surface area contributed by atoms with Crippen molar-refractivity contribution < 1.29 is 0 Å². The number of hydrogen-bond donors (Lipinski definition) is 1. The third kappa shape index (κ3) is 2.84. The first-order chi connectivity index (χ1) is 9.24. The summed E-state index contributed by atoms with van der Waals surface area (Å²) in [6.07, 6.45) is 0. The zero-order chi connectivity index (χ0) is 13.2. The van der Waals surface area contributed by atoms with Crippen LogP contribution in [0.3, 0.4) is 0 Å². The molecule has 0 aliphatic carbocycles. The summed E-state index contributed by atoms with van der Waals surface area (Å²) in [7, 11) is 0. The first kappa shape index (κ1) is 13.1. The van der Waals surface area contributed by atoms with E-state index in [1.165, 1.54) is 0 Å². The van der Waals surface area contributed by atoms with Crippen molar-refractivity contribution in [3.8, 4) is 0 Å². The number of hydrogen-bond acceptors (Lipinski definition) is 3. The number of rotatable bonds is 3. The Morgan fingerprint density at radius 2 is 2.11 bits per heavy atom. The van der Waals surface area contributed by atoms with Crippen LogP contribution in [0, 0.1) is 0 Å². The van der Waals surface area contributed by atoms with Crippen LogP contribution >= 0.6 is 27.5 Å². The molecule has 6 heteroatoms. The standard InChI is InChI=1S/C13H9BrClN3Se/c14-9-5-4-8(6-10(9)15)7-16-11-2-1-3-12-13(11)18-19-17-12/h1-6,16H,7H2. The molecule has 1 N–H and O–H groups in total. The molecular weight excluding hydrogens is 392 g/mol. The molecule has 3 nitrogen and oxygen atoms in total. The summed E-state index contributed by atoms with van der Waals surface area (Å²) < 4.78 is 9.72. The fourth-order valence-corrected chi connectivity index (χ4v) is 3.40. The van der Waals surface area contributed by atoms with E-state index >= 15 is 0 Å². The van der Waals surface area contributed by atoms with Gasteiger partial charge in [0, 0.05) is 0 Å². The van der Waals surface area contributed by atoms with Gasteiger partial charge in [-0.2, -0.15) is 0 Å². The Morgan fingerprint density at radius 3 is 2.95 bits per heavy atom. The monoisotopic (exact) mass is 401 g/mol. The van der Waals surface area contributed by atoms with Gasteiger partial charge in [0.25, 0.3) is 0 Å². The van der Waals surface area contributed by atoms with E-state index in [1.54, 1.807) is 0 Å². The fourth-order valence-electron chi connectivity index (χ4n) is 1.80. The molecule has 2 aromatic rings. The molecule has 0 saturated carbocycles. The Balaban J connectivity index is 1.78. The first-order valence-corrected chi connectivity index (χ1v) is 8.33. The Kier molecular flexibility index (Phi) is 3.89. The minimum atomic E-state index is 0.00103. The van der Waals surface area contributed by atoms with Crippen LogP contribution in [0.5, 0.6) is 0 Å². The molecular formula is C13H9BrClN3Se. The van der Waals surface area contributed by atoms with E-state index in [-0.39, 0.29) is 14.6 Å². The van der Waals surface area contributed by atoms with Crippen molar-refractivity contribution in [1.82, 2.24) is 0 Å². The Morgan fingerprint density at radius 1 is 1.21 bits per heavy atom. The Bertz CT molecular complexity index is 711. The molecule has 0 unspecified atom stereocenters. The third-order valence-electron chi connectivity index (χ3n) is 2.75. The van der Waals surface area contributed by atoms with E-state index in [4.69, 9.17) is 11.6 Å². The van der Waals surface area contributed by atoms with E-state index in [0.29, 0.717) is 6.54 Å². The van der Waals surface area contributed by atoms with Gasteiger partial charge in [-0.05, 0) is 0 Å². The van der Waals surface area contributed by atoms with Crippen LogP contribution in [0.4, 0.5) is 17.1 Å². The summed E-state index contributed by atoms with van der Waals surface area (Å²) in [6.45, 7) is 0.714. The van der Waals surface area contributed by atoms with Crippen molar-refractivity contribution in [1.29, 1.82) is 0 Å². The minimum absolute atomic E-state index is 0.00103. The van der Waals surface area contributed by atoms with Crippen molar-refractivity contribution in [2.75, 3.05) is 5.32 Å². The summed E-state index contributed by atoms with van der Waals surface area (Å²) in [5.41, 5.74) is 4.12. The molecule has 1 aliphatic rings. The topological polar surface area (TPSA) is 36.8 Å². The molecule has 1 heterocycles. The SMILES string of the molecule is Clc1cc(CNc2cccc3c2N=[Se]=N3)ccc1Br. The molecule has 0 amide bonds. The van der Waals surface area contributed by atoms with Gasteiger partial charge in [-0.1, -0.05) is 0 Å². The van der Waals surface area contributed by atoms with Gasteiger partial charge in [0.1, 0.15) is 0 Å². The molecule has 0 atom stereocenters. The first-order valence-electron chi connectivity index (χ1n) is 5.63. The molecule has 96 valence electrons. The van der Waals surface area contributed by atoms with Gasteiger partial charge in [-0.15, -0.1) is 0 Å². The normalized spacial score (nSPS) is 12.1. The van der Waals surface area contributed by atoms with Gasteiger partial charge in [0.2, 0.25) is 0 Å². The second kappa shape index (κ2) is 5.63. The van der Waals surface area contributed by atoms with Crippen molar-refractivity contribution in [2.45, 2.75) is 6.54 Å². The molecule has 0 radical (unpaired) electrons. The van der Waals surface area contributed by atoms with Gasteiger partial charge in [-0.25, -0.2) is 0 Å². The maximum atomic E-state index is 6.08. The zero-order valence-electron chi connectivity index (χ0n) is 9.73. The van der Waals surface area contributed by atoms with Crippen molar-refractivity contribution in [2.24, 2.45) is 7.92 Å². The molecule has 2 aromatic carbocycles. The predicted molar refractivity (Wildman–Crippen MR) is 82.9 cm³/mol. The molecule has 0 aromatic heterocycles. The average Bonchev–Trinajstić information content (AvgIpc) is 2.89. The predicted octanol–water partition coefficient (Wildman–Crippen LogP) is 5.06. The van der Waals surface area contributed by atoms with Crippen LogP contribution in [-0.2, 0) is 6.54 Å². The second-order valence-electron chi connectivity index (χ2n) is 4.04. The fraction of sp³-hybridized carbons (Fsp3) is 0.0769. The van der Waals surface area contributed by atoms with Gasteiger partial charge < -0.3 is 0 Å². The maximum absolute atomic E-state index is 6.08. The molecule has 1 aliphatic heterocycles. The van der Waals surface area contributed by atoms with Crippen LogP contribution < -0.4 is 5.32 Å². The molecule has 19 heavy (non-hydrogen) atoms. The van der Waals surface area contributed by atoms with Crippen molar-refractivity contribution in [3.63, 3.8) is 0 Å².